The fourth-order valence-corrected chi connectivity index (χ4v) is 2.81. The van der Waals surface area contributed by atoms with Gasteiger partial charge >= 0.3 is 0 Å². The van der Waals surface area contributed by atoms with Gasteiger partial charge < -0.3 is 4.74 Å². The second kappa shape index (κ2) is 5.20. The van der Waals surface area contributed by atoms with Crippen molar-refractivity contribution in [2.45, 2.75) is 32.8 Å². The predicted octanol–water partition coefficient (Wildman–Crippen LogP) is 4.01. The zero-order valence-corrected chi connectivity index (χ0v) is 10.8. The summed E-state index contributed by atoms with van der Waals surface area (Å²) in [5.41, 5.74) is 3.94. The highest BCUT2D eigenvalue weighted by molar-refractivity contribution is 6.18. The topological polar surface area (TPSA) is 9.23 Å². The molecule has 2 unspecified atom stereocenters. The van der Waals surface area contributed by atoms with E-state index in [4.69, 9.17) is 16.3 Å². The Morgan fingerprint density at radius 1 is 1.38 bits per heavy atom. The molecule has 1 nitrogen and oxygen atoms in total. The molecule has 1 aromatic carbocycles. The van der Waals surface area contributed by atoms with E-state index in [1.807, 2.05) is 0 Å². The van der Waals surface area contributed by atoms with Crippen LogP contribution in [0.25, 0.3) is 0 Å². The van der Waals surface area contributed by atoms with Crippen molar-refractivity contribution in [3.8, 4) is 0 Å². The minimum atomic E-state index is 0.201. The number of benzene rings is 1. The zero-order chi connectivity index (χ0) is 11.5. The summed E-state index contributed by atoms with van der Waals surface area (Å²) in [5, 5.41) is 0. The lowest BCUT2D eigenvalue weighted by molar-refractivity contribution is -0.0211. The number of halogens is 1. The average molecular weight is 239 g/mol. The molecule has 0 aliphatic carbocycles. The Morgan fingerprint density at radius 2 is 2.19 bits per heavy atom. The molecule has 1 fully saturated rings. The lowest BCUT2D eigenvalue weighted by Crippen LogP contribution is -2.24. The lowest BCUT2D eigenvalue weighted by Gasteiger charge is -2.31. The molecule has 1 aliphatic rings. The zero-order valence-electron chi connectivity index (χ0n) is 10.0. The molecule has 0 radical (unpaired) electrons. The van der Waals surface area contributed by atoms with E-state index in [2.05, 4.69) is 32.0 Å². The Kier molecular flexibility index (Phi) is 3.88. The first-order valence-electron chi connectivity index (χ1n) is 5.97. The van der Waals surface area contributed by atoms with Gasteiger partial charge in [-0.15, -0.1) is 11.6 Å². The van der Waals surface area contributed by atoms with E-state index in [9.17, 15) is 0 Å². The first-order chi connectivity index (χ1) is 7.72. The SMILES string of the molecule is Cc1ccc(C2OCCCC2CCl)c(C)c1. The van der Waals surface area contributed by atoms with Crippen LogP contribution in [0.5, 0.6) is 0 Å². The van der Waals surface area contributed by atoms with Crippen molar-refractivity contribution >= 4 is 11.6 Å². The largest absolute Gasteiger partial charge is 0.373 e. The minimum Gasteiger partial charge on any atom is -0.373 e. The minimum absolute atomic E-state index is 0.201. The summed E-state index contributed by atoms with van der Waals surface area (Å²) in [6.45, 7) is 5.15. The van der Waals surface area contributed by atoms with Crippen molar-refractivity contribution in [3.05, 3.63) is 34.9 Å². The quantitative estimate of drug-likeness (QED) is 0.708. The van der Waals surface area contributed by atoms with Crippen LogP contribution in [0.4, 0.5) is 0 Å². The van der Waals surface area contributed by atoms with E-state index in [1.54, 1.807) is 0 Å². The van der Waals surface area contributed by atoms with Crippen molar-refractivity contribution in [1.29, 1.82) is 0 Å². The molecular weight excluding hydrogens is 220 g/mol. The molecule has 16 heavy (non-hydrogen) atoms. The Labute approximate surface area is 103 Å². The highest BCUT2D eigenvalue weighted by Gasteiger charge is 2.27. The van der Waals surface area contributed by atoms with Gasteiger partial charge in [0, 0.05) is 18.4 Å². The molecule has 0 spiro atoms. The molecule has 1 aromatic rings. The van der Waals surface area contributed by atoms with E-state index in [0.717, 1.165) is 13.0 Å². The Bertz CT molecular complexity index is 362. The first-order valence-corrected chi connectivity index (χ1v) is 6.50. The molecule has 0 amide bonds. The normalized spacial score (nSPS) is 25.7. The Balaban J connectivity index is 2.27. The summed E-state index contributed by atoms with van der Waals surface area (Å²) in [7, 11) is 0. The molecule has 1 saturated heterocycles. The van der Waals surface area contributed by atoms with Crippen LogP contribution in [0.1, 0.15) is 35.6 Å². The van der Waals surface area contributed by atoms with Crippen LogP contribution in [0, 0.1) is 19.8 Å². The monoisotopic (exact) mass is 238 g/mol. The highest BCUT2D eigenvalue weighted by Crippen LogP contribution is 2.35. The third-order valence-electron chi connectivity index (χ3n) is 3.37. The second-order valence-corrected chi connectivity index (χ2v) is 5.02. The number of rotatable bonds is 2. The van der Waals surface area contributed by atoms with Gasteiger partial charge in [-0.1, -0.05) is 23.8 Å². The molecule has 88 valence electrons. The average Bonchev–Trinajstić information content (AvgIpc) is 2.29. The van der Waals surface area contributed by atoms with Crippen molar-refractivity contribution in [2.24, 2.45) is 5.92 Å². The van der Waals surface area contributed by atoms with Gasteiger partial charge in [0.1, 0.15) is 0 Å². The van der Waals surface area contributed by atoms with E-state index in [-0.39, 0.29) is 6.10 Å². The maximum absolute atomic E-state index is 6.03. The molecule has 2 rings (SSSR count). The fraction of sp³-hybridized carbons (Fsp3) is 0.571. The molecule has 2 heteroatoms. The predicted molar refractivity (Wildman–Crippen MR) is 68.1 cm³/mol. The van der Waals surface area contributed by atoms with Crippen LogP contribution in [0.3, 0.4) is 0 Å². The number of ether oxygens (including phenoxy) is 1. The molecule has 0 aromatic heterocycles. The van der Waals surface area contributed by atoms with Crippen LogP contribution in [0.15, 0.2) is 18.2 Å². The van der Waals surface area contributed by atoms with Gasteiger partial charge in [-0.25, -0.2) is 0 Å². The number of aryl methyl sites for hydroxylation is 2. The van der Waals surface area contributed by atoms with Crippen LogP contribution in [-0.4, -0.2) is 12.5 Å². The van der Waals surface area contributed by atoms with Crippen LogP contribution < -0.4 is 0 Å². The maximum atomic E-state index is 6.03. The van der Waals surface area contributed by atoms with Gasteiger partial charge in [0.15, 0.2) is 0 Å². The van der Waals surface area contributed by atoms with Gasteiger partial charge in [-0.2, -0.15) is 0 Å². The van der Waals surface area contributed by atoms with Crippen LogP contribution in [0.2, 0.25) is 0 Å². The van der Waals surface area contributed by atoms with Crippen molar-refractivity contribution < 1.29 is 4.74 Å². The highest BCUT2D eigenvalue weighted by atomic mass is 35.5. The van der Waals surface area contributed by atoms with E-state index in [1.165, 1.54) is 23.1 Å². The summed E-state index contributed by atoms with van der Waals surface area (Å²) in [6.07, 6.45) is 2.52. The van der Waals surface area contributed by atoms with Crippen LogP contribution in [-0.2, 0) is 4.74 Å². The molecule has 1 aliphatic heterocycles. The Morgan fingerprint density at radius 3 is 2.88 bits per heavy atom. The molecule has 0 N–H and O–H groups in total. The third kappa shape index (κ3) is 2.41. The molecule has 0 bridgehead atoms. The maximum Gasteiger partial charge on any atom is 0.0867 e. The molecule has 2 atom stereocenters. The Hall–Kier alpha value is -0.530. The third-order valence-corrected chi connectivity index (χ3v) is 3.77. The fourth-order valence-electron chi connectivity index (χ4n) is 2.49. The summed E-state index contributed by atoms with van der Waals surface area (Å²) < 4.78 is 5.90. The first kappa shape index (κ1) is 11.9. The van der Waals surface area contributed by atoms with Gasteiger partial charge in [-0.05, 0) is 37.8 Å². The van der Waals surface area contributed by atoms with Crippen molar-refractivity contribution in [3.63, 3.8) is 0 Å². The summed E-state index contributed by atoms with van der Waals surface area (Å²) in [5.74, 6) is 1.16. The van der Waals surface area contributed by atoms with Crippen LogP contribution >= 0.6 is 11.6 Å². The van der Waals surface area contributed by atoms with E-state index >= 15 is 0 Å². The lowest BCUT2D eigenvalue weighted by atomic mass is 9.88. The van der Waals surface area contributed by atoms with Gasteiger partial charge in [0.25, 0.3) is 0 Å². The summed E-state index contributed by atoms with van der Waals surface area (Å²) in [6, 6.07) is 6.57. The van der Waals surface area contributed by atoms with Crippen molar-refractivity contribution in [2.75, 3.05) is 12.5 Å². The molecule has 0 saturated carbocycles. The van der Waals surface area contributed by atoms with Gasteiger partial charge in [0.2, 0.25) is 0 Å². The molecule has 1 heterocycles. The molecular formula is C14H19ClO. The number of hydrogen-bond donors (Lipinski definition) is 0. The van der Waals surface area contributed by atoms with Crippen molar-refractivity contribution in [1.82, 2.24) is 0 Å². The van der Waals surface area contributed by atoms with E-state index in [0.29, 0.717) is 11.8 Å². The number of hydrogen-bond acceptors (Lipinski definition) is 1. The standard InChI is InChI=1S/C14H19ClO/c1-10-5-6-13(11(2)8-10)14-12(9-15)4-3-7-16-14/h5-6,8,12,14H,3-4,7,9H2,1-2H3. The number of alkyl halides is 1. The van der Waals surface area contributed by atoms with E-state index < -0.39 is 0 Å². The summed E-state index contributed by atoms with van der Waals surface area (Å²) >= 11 is 6.03. The van der Waals surface area contributed by atoms with Gasteiger partial charge in [-0.3, -0.25) is 0 Å². The smallest absolute Gasteiger partial charge is 0.0867 e. The summed E-state index contributed by atoms with van der Waals surface area (Å²) in [4.78, 5) is 0. The second-order valence-electron chi connectivity index (χ2n) is 4.71. The van der Waals surface area contributed by atoms with Gasteiger partial charge in [0.05, 0.1) is 6.10 Å².